The molecule has 1 atom stereocenters. The first kappa shape index (κ1) is 15.2. The molecule has 20 heavy (non-hydrogen) atoms. The summed E-state index contributed by atoms with van der Waals surface area (Å²) in [6.07, 6.45) is 2.64. The van der Waals surface area contributed by atoms with Crippen molar-refractivity contribution in [2.45, 2.75) is 19.0 Å². The summed E-state index contributed by atoms with van der Waals surface area (Å²) >= 11 is 3.56. The van der Waals surface area contributed by atoms with Gasteiger partial charge in [0.15, 0.2) is 0 Å². The molecule has 0 amide bonds. The third kappa shape index (κ3) is 3.91. The van der Waals surface area contributed by atoms with Gasteiger partial charge in [0, 0.05) is 6.54 Å². The van der Waals surface area contributed by atoms with Crippen LogP contribution < -0.4 is 5.73 Å². The molecule has 4 nitrogen and oxygen atoms in total. The van der Waals surface area contributed by atoms with Crippen LogP contribution in [-0.4, -0.2) is 35.3 Å². The quantitative estimate of drug-likeness (QED) is 0.881. The molecule has 0 radical (unpaired) electrons. The zero-order valence-electron chi connectivity index (χ0n) is 12.0. The van der Waals surface area contributed by atoms with E-state index >= 15 is 0 Å². The minimum Gasteiger partial charge on any atom is -0.322 e. The number of hydrogen-bond acceptors (Lipinski definition) is 3. The van der Waals surface area contributed by atoms with E-state index in [1.54, 1.807) is 0 Å². The van der Waals surface area contributed by atoms with Gasteiger partial charge in [-0.3, -0.25) is 4.68 Å². The second-order valence-electron chi connectivity index (χ2n) is 5.20. The maximum atomic E-state index is 6.38. The van der Waals surface area contributed by atoms with Crippen molar-refractivity contribution in [3.63, 3.8) is 0 Å². The van der Waals surface area contributed by atoms with E-state index in [0.29, 0.717) is 0 Å². The van der Waals surface area contributed by atoms with E-state index in [1.165, 1.54) is 5.56 Å². The van der Waals surface area contributed by atoms with Gasteiger partial charge in [-0.25, -0.2) is 0 Å². The molecular weight excluding hydrogens is 316 g/mol. The van der Waals surface area contributed by atoms with Crippen molar-refractivity contribution in [1.82, 2.24) is 14.7 Å². The highest BCUT2D eigenvalue weighted by molar-refractivity contribution is 9.10. The predicted molar refractivity (Wildman–Crippen MR) is 85.6 cm³/mol. The van der Waals surface area contributed by atoms with E-state index in [9.17, 15) is 0 Å². The number of benzene rings is 1. The summed E-state index contributed by atoms with van der Waals surface area (Å²) in [6.45, 7) is 1.79. The van der Waals surface area contributed by atoms with Gasteiger partial charge < -0.3 is 10.6 Å². The van der Waals surface area contributed by atoms with Gasteiger partial charge in [-0.2, -0.15) is 5.10 Å². The highest BCUT2D eigenvalue weighted by Crippen LogP contribution is 2.24. The van der Waals surface area contributed by atoms with Crippen LogP contribution in [0.25, 0.3) is 0 Å². The van der Waals surface area contributed by atoms with E-state index in [1.807, 2.05) is 29.1 Å². The van der Waals surface area contributed by atoms with Crippen LogP contribution in [0.3, 0.4) is 0 Å². The Labute approximate surface area is 128 Å². The van der Waals surface area contributed by atoms with Crippen molar-refractivity contribution in [3.05, 3.63) is 52.3 Å². The van der Waals surface area contributed by atoms with Crippen LogP contribution in [0.15, 0.2) is 41.0 Å². The predicted octanol–water partition coefficient (Wildman–Crippen LogP) is 2.45. The Balaban J connectivity index is 2.12. The molecule has 0 spiro atoms. The van der Waals surface area contributed by atoms with Gasteiger partial charge in [0.25, 0.3) is 0 Å². The van der Waals surface area contributed by atoms with Crippen LogP contribution in [0.1, 0.15) is 17.3 Å². The fourth-order valence-electron chi connectivity index (χ4n) is 2.18. The Bertz CT molecular complexity index is 536. The van der Waals surface area contributed by atoms with Crippen molar-refractivity contribution in [2.75, 3.05) is 20.6 Å². The van der Waals surface area contributed by atoms with Crippen molar-refractivity contribution in [2.24, 2.45) is 5.73 Å². The molecule has 0 aliphatic rings. The molecule has 0 saturated heterocycles. The van der Waals surface area contributed by atoms with Gasteiger partial charge in [-0.1, -0.05) is 30.3 Å². The van der Waals surface area contributed by atoms with Gasteiger partial charge in [0.2, 0.25) is 0 Å². The highest BCUT2D eigenvalue weighted by atomic mass is 79.9. The lowest BCUT2D eigenvalue weighted by Crippen LogP contribution is -2.24. The lowest BCUT2D eigenvalue weighted by molar-refractivity contribution is 0.366. The van der Waals surface area contributed by atoms with Gasteiger partial charge in [-0.15, -0.1) is 0 Å². The molecular formula is C15H21BrN4. The molecule has 2 rings (SSSR count). The maximum Gasteiger partial charge on any atom is 0.0697 e. The molecule has 1 aromatic heterocycles. The minimum absolute atomic E-state index is 0.0589. The molecule has 0 saturated carbocycles. The molecule has 1 unspecified atom stereocenters. The second-order valence-corrected chi connectivity index (χ2v) is 6.05. The van der Waals surface area contributed by atoms with Crippen LogP contribution >= 0.6 is 15.9 Å². The molecule has 2 aromatic rings. The van der Waals surface area contributed by atoms with Gasteiger partial charge in [0.1, 0.15) is 0 Å². The van der Waals surface area contributed by atoms with Gasteiger partial charge in [0.05, 0.1) is 29.0 Å². The van der Waals surface area contributed by atoms with E-state index in [0.717, 1.165) is 29.7 Å². The minimum atomic E-state index is -0.0589. The standard InChI is InChI=1S/C15H21BrN4/c1-19(2)8-9-20-15(13(16)11-18-20)14(17)10-12-6-4-3-5-7-12/h3-7,11,14H,8-10,17H2,1-2H3. The van der Waals surface area contributed by atoms with E-state index < -0.39 is 0 Å². The average molecular weight is 337 g/mol. The zero-order valence-corrected chi connectivity index (χ0v) is 13.5. The lowest BCUT2D eigenvalue weighted by Gasteiger charge is -2.17. The third-order valence-electron chi connectivity index (χ3n) is 3.24. The second kappa shape index (κ2) is 7.02. The smallest absolute Gasteiger partial charge is 0.0697 e. The van der Waals surface area contributed by atoms with Crippen LogP contribution in [0.4, 0.5) is 0 Å². The normalized spacial score (nSPS) is 12.8. The number of aromatic nitrogens is 2. The number of rotatable bonds is 6. The largest absolute Gasteiger partial charge is 0.322 e. The number of hydrogen-bond donors (Lipinski definition) is 1. The Hall–Kier alpha value is -1.17. The lowest BCUT2D eigenvalue weighted by atomic mass is 10.0. The Morgan fingerprint density at radius 1 is 1.30 bits per heavy atom. The number of nitrogens with two attached hydrogens (primary N) is 1. The molecule has 2 N–H and O–H groups in total. The first-order chi connectivity index (χ1) is 9.58. The molecule has 1 heterocycles. The summed E-state index contributed by atoms with van der Waals surface area (Å²) in [5.74, 6) is 0. The van der Waals surface area contributed by atoms with Crippen molar-refractivity contribution in [3.8, 4) is 0 Å². The average Bonchev–Trinajstić information content (AvgIpc) is 2.78. The first-order valence-electron chi connectivity index (χ1n) is 6.73. The summed E-state index contributed by atoms with van der Waals surface area (Å²) in [5.41, 5.74) is 8.68. The van der Waals surface area contributed by atoms with Crippen LogP contribution in [0.2, 0.25) is 0 Å². The summed E-state index contributed by atoms with van der Waals surface area (Å²) in [6, 6.07) is 10.3. The first-order valence-corrected chi connectivity index (χ1v) is 7.52. The summed E-state index contributed by atoms with van der Waals surface area (Å²) < 4.78 is 2.98. The van der Waals surface area contributed by atoms with Gasteiger partial charge >= 0.3 is 0 Å². The number of halogens is 1. The number of nitrogens with zero attached hydrogens (tertiary/aromatic N) is 3. The molecule has 0 aliphatic heterocycles. The van der Waals surface area contributed by atoms with Crippen molar-refractivity contribution < 1.29 is 0 Å². The molecule has 0 bridgehead atoms. The number of likely N-dealkylation sites (N-methyl/N-ethyl adjacent to an activating group) is 1. The van der Waals surface area contributed by atoms with Crippen molar-refractivity contribution in [1.29, 1.82) is 0 Å². The highest BCUT2D eigenvalue weighted by Gasteiger charge is 2.17. The monoisotopic (exact) mass is 336 g/mol. The fraction of sp³-hybridized carbons (Fsp3) is 0.400. The molecule has 5 heteroatoms. The Morgan fingerprint density at radius 3 is 2.65 bits per heavy atom. The Kier molecular flexibility index (Phi) is 5.34. The fourth-order valence-corrected chi connectivity index (χ4v) is 2.77. The van der Waals surface area contributed by atoms with Crippen LogP contribution in [0.5, 0.6) is 0 Å². The van der Waals surface area contributed by atoms with Crippen LogP contribution in [0, 0.1) is 0 Å². The zero-order chi connectivity index (χ0) is 14.5. The maximum absolute atomic E-state index is 6.38. The Morgan fingerprint density at radius 2 is 2.00 bits per heavy atom. The van der Waals surface area contributed by atoms with Crippen LogP contribution in [-0.2, 0) is 13.0 Å². The molecule has 0 fully saturated rings. The summed E-state index contributed by atoms with van der Waals surface area (Å²) in [7, 11) is 4.12. The van der Waals surface area contributed by atoms with Gasteiger partial charge in [-0.05, 0) is 42.0 Å². The summed E-state index contributed by atoms with van der Waals surface area (Å²) in [4.78, 5) is 2.14. The topological polar surface area (TPSA) is 47.1 Å². The van der Waals surface area contributed by atoms with Crippen molar-refractivity contribution >= 4 is 15.9 Å². The third-order valence-corrected chi connectivity index (χ3v) is 3.85. The van der Waals surface area contributed by atoms with E-state index in [4.69, 9.17) is 5.73 Å². The molecule has 1 aromatic carbocycles. The SMILES string of the molecule is CN(C)CCn1ncc(Br)c1C(N)Cc1ccccc1. The molecule has 0 aliphatic carbocycles. The molecule has 108 valence electrons. The summed E-state index contributed by atoms with van der Waals surface area (Å²) in [5, 5.41) is 4.41. The van der Waals surface area contributed by atoms with E-state index in [-0.39, 0.29) is 6.04 Å². The van der Waals surface area contributed by atoms with E-state index in [2.05, 4.69) is 52.2 Å².